The number of Topliss-reactive ketones (excluding diaryl/α,β-unsaturated/α-hetero) is 1. The highest BCUT2D eigenvalue weighted by Crippen LogP contribution is 2.41. The van der Waals surface area contributed by atoms with Crippen molar-refractivity contribution in [3.05, 3.63) is 0 Å². The van der Waals surface area contributed by atoms with E-state index >= 15 is 0 Å². The van der Waals surface area contributed by atoms with Gasteiger partial charge in [-0.05, 0) is 19.3 Å². The highest BCUT2D eigenvalue weighted by Gasteiger charge is 2.25. The van der Waals surface area contributed by atoms with E-state index in [-0.39, 0.29) is 110 Å². The molecule has 0 aliphatic rings. The average molecular weight is 932 g/mol. The van der Waals surface area contributed by atoms with Gasteiger partial charge >= 0.3 is 0 Å². The molecule has 370 valence electrons. The van der Waals surface area contributed by atoms with E-state index in [1.165, 1.54) is 0 Å². The van der Waals surface area contributed by atoms with Crippen molar-refractivity contribution in [1.29, 1.82) is 0 Å². The van der Waals surface area contributed by atoms with Crippen molar-refractivity contribution in [1.82, 2.24) is 21.3 Å². The van der Waals surface area contributed by atoms with Crippen LogP contribution < -0.4 is 26.2 Å². The van der Waals surface area contributed by atoms with Crippen molar-refractivity contribution in [2.45, 2.75) is 76.5 Å². The number of carbonyl (C=O) groups is 5. The summed E-state index contributed by atoms with van der Waals surface area (Å²) in [6.07, 6.45) is 0.185. The van der Waals surface area contributed by atoms with Gasteiger partial charge in [0.05, 0.1) is 118 Å². The standard InChI is InChI=1S/C40H77N4O18P/c1-33(2)63(50,51)62-32-31-61-30-29-60-28-27-59-26-25-56-16-12-39(48)44-35(40(49)42-14-18-58-24-21-54-5)9-11-38(47)43-34(36(45)7-6-15-55-22-19-52-3)8-10-37(46)41-13-17-57-23-20-53-4/h33-35H,6-32H2,1-5H3,(H,41,46)(H,42,49)(H,43,47)(H,44,48)(H,50,51)/p-1. The molecule has 23 heteroatoms. The second-order valence-electron chi connectivity index (χ2n) is 14.0. The van der Waals surface area contributed by atoms with Gasteiger partial charge in [0.25, 0.3) is 0 Å². The molecule has 0 saturated heterocycles. The van der Waals surface area contributed by atoms with Crippen molar-refractivity contribution in [3.8, 4) is 0 Å². The van der Waals surface area contributed by atoms with Crippen LogP contribution in [0.3, 0.4) is 0 Å². The molecule has 3 atom stereocenters. The van der Waals surface area contributed by atoms with Crippen molar-refractivity contribution in [3.63, 3.8) is 0 Å². The quantitative estimate of drug-likeness (QED) is 0.0443. The van der Waals surface area contributed by atoms with E-state index < -0.39 is 43.1 Å². The van der Waals surface area contributed by atoms with Crippen LogP contribution in [0, 0.1) is 0 Å². The zero-order chi connectivity index (χ0) is 46.8. The van der Waals surface area contributed by atoms with Gasteiger partial charge in [-0.1, -0.05) is 13.8 Å². The summed E-state index contributed by atoms with van der Waals surface area (Å²) >= 11 is 0. The number of carbonyl (C=O) groups excluding carboxylic acids is 5. The van der Waals surface area contributed by atoms with Crippen LogP contribution in [-0.2, 0) is 80.4 Å². The van der Waals surface area contributed by atoms with E-state index in [0.29, 0.717) is 79.1 Å². The molecule has 0 aromatic rings. The van der Waals surface area contributed by atoms with Crippen molar-refractivity contribution in [2.75, 3.05) is 153 Å². The number of ether oxygens (including phenoxy) is 10. The van der Waals surface area contributed by atoms with E-state index in [0.717, 1.165) is 0 Å². The maximum atomic E-state index is 13.2. The fraction of sp³-hybridized carbons (Fsp3) is 0.875. The minimum absolute atomic E-state index is 0.0272. The van der Waals surface area contributed by atoms with E-state index in [2.05, 4.69) is 21.3 Å². The summed E-state index contributed by atoms with van der Waals surface area (Å²) in [6, 6.07) is -2.04. The van der Waals surface area contributed by atoms with Gasteiger partial charge in [0.2, 0.25) is 23.6 Å². The molecule has 0 spiro atoms. The van der Waals surface area contributed by atoms with Gasteiger partial charge < -0.3 is 82.6 Å². The summed E-state index contributed by atoms with van der Waals surface area (Å²) in [5, 5.41) is 10.8. The fourth-order valence-electron chi connectivity index (χ4n) is 4.94. The molecule has 0 rings (SSSR count). The first-order chi connectivity index (χ1) is 30.4. The molecule has 22 nitrogen and oxygen atoms in total. The molecule has 3 unspecified atom stereocenters. The zero-order valence-corrected chi connectivity index (χ0v) is 39.0. The average Bonchev–Trinajstić information content (AvgIpc) is 3.25. The Morgan fingerprint density at radius 3 is 1.43 bits per heavy atom. The largest absolute Gasteiger partial charge is 0.778 e. The summed E-state index contributed by atoms with van der Waals surface area (Å²) in [5.74, 6) is -2.11. The fourth-order valence-corrected chi connectivity index (χ4v) is 5.57. The number of hydrogen-bond acceptors (Lipinski definition) is 18. The lowest BCUT2D eigenvalue weighted by atomic mass is 10.0. The Hall–Kier alpha value is -2.70. The van der Waals surface area contributed by atoms with Gasteiger partial charge in [0.15, 0.2) is 5.78 Å². The molecule has 0 aromatic carbocycles. The molecular formula is C40H76N4O18P-. The number of hydrogen-bond donors (Lipinski definition) is 4. The first kappa shape index (κ1) is 60.3. The summed E-state index contributed by atoms with van der Waals surface area (Å²) in [6.45, 7) is 8.37. The number of nitrogens with one attached hydrogen (secondary N) is 4. The van der Waals surface area contributed by atoms with Crippen LogP contribution in [0.5, 0.6) is 0 Å². The molecule has 0 aliphatic carbocycles. The van der Waals surface area contributed by atoms with Crippen molar-refractivity contribution >= 4 is 37.0 Å². The molecule has 0 aromatic heterocycles. The van der Waals surface area contributed by atoms with Crippen LogP contribution in [0.4, 0.5) is 0 Å². The predicted octanol–water partition coefficient (Wildman–Crippen LogP) is -0.478. The Balaban J connectivity index is 4.93. The Kier molecular flexibility index (Phi) is 40.2. The Morgan fingerprint density at radius 1 is 0.476 bits per heavy atom. The monoisotopic (exact) mass is 931 g/mol. The minimum atomic E-state index is -3.86. The number of ketones is 1. The van der Waals surface area contributed by atoms with Crippen molar-refractivity contribution in [2.24, 2.45) is 0 Å². The normalized spacial score (nSPS) is 13.3. The number of rotatable bonds is 46. The van der Waals surface area contributed by atoms with E-state index in [9.17, 15) is 33.4 Å². The van der Waals surface area contributed by atoms with E-state index in [4.69, 9.17) is 51.9 Å². The van der Waals surface area contributed by atoms with Crippen LogP contribution >= 0.6 is 7.60 Å². The van der Waals surface area contributed by atoms with Crippen LogP contribution in [0.1, 0.15) is 58.8 Å². The summed E-state index contributed by atoms with van der Waals surface area (Å²) < 4.78 is 69.1. The molecule has 0 fully saturated rings. The first-order valence-corrected chi connectivity index (χ1v) is 23.1. The summed E-state index contributed by atoms with van der Waals surface area (Å²) in [5.41, 5.74) is -0.593. The molecule has 0 heterocycles. The topological polar surface area (TPSA) is 275 Å². The first-order valence-electron chi connectivity index (χ1n) is 21.5. The molecule has 4 N–H and O–H groups in total. The third-order valence-corrected chi connectivity index (χ3v) is 10.3. The number of methoxy groups -OCH3 is 3. The van der Waals surface area contributed by atoms with Gasteiger partial charge in [0.1, 0.15) is 13.6 Å². The van der Waals surface area contributed by atoms with Gasteiger partial charge in [-0.25, -0.2) is 0 Å². The predicted molar refractivity (Wildman–Crippen MR) is 227 cm³/mol. The molecule has 4 amide bonds. The third-order valence-electron chi connectivity index (χ3n) is 8.54. The second-order valence-corrected chi connectivity index (χ2v) is 16.4. The van der Waals surface area contributed by atoms with Crippen LogP contribution in [0.25, 0.3) is 0 Å². The molecule has 0 aliphatic heterocycles. The highest BCUT2D eigenvalue weighted by atomic mass is 31.2. The lowest BCUT2D eigenvalue weighted by Crippen LogP contribution is -2.48. The number of amides is 4. The minimum Gasteiger partial charge on any atom is -0.778 e. The smallest absolute Gasteiger partial charge is 0.242 e. The van der Waals surface area contributed by atoms with Crippen molar-refractivity contribution < 1.29 is 85.3 Å². The molecule has 0 radical (unpaired) electrons. The lowest BCUT2D eigenvalue weighted by molar-refractivity contribution is -0.201. The molecule has 0 saturated carbocycles. The maximum absolute atomic E-state index is 13.2. The zero-order valence-electron chi connectivity index (χ0n) is 38.1. The van der Waals surface area contributed by atoms with Crippen LogP contribution in [-0.4, -0.2) is 200 Å². The summed E-state index contributed by atoms with van der Waals surface area (Å²) in [4.78, 5) is 76.6. The molecule has 63 heavy (non-hydrogen) atoms. The highest BCUT2D eigenvalue weighted by molar-refractivity contribution is 7.52. The van der Waals surface area contributed by atoms with E-state index in [1.807, 2.05) is 0 Å². The van der Waals surface area contributed by atoms with Gasteiger partial charge in [-0.3, -0.25) is 24.0 Å². The Bertz CT molecular complexity index is 1240. The summed E-state index contributed by atoms with van der Waals surface area (Å²) in [7, 11) is 0.794. The maximum Gasteiger partial charge on any atom is 0.242 e. The van der Waals surface area contributed by atoms with Gasteiger partial charge in [-0.15, -0.1) is 0 Å². The SMILES string of the molecule is COCCOCCCC(=O)C(CCC(=O)NCCOCCOC)NC(=O)CCC(NC(=O)CCOCCOCCOCCOCCOP(=O)([O-])C(C)C)C(=O)NCCOCCOC. The van der Waals surface area contributed by atoms with Gasteiger partial charge in [0, 0.05) is 72.4 Å². The van der Waals surface area contributed by atoms with E-state index in [1.54, 1.807) is 35.2 Å². The lowest BCUT2D eigenvalue weighted by Gasteiger charge is -2.26. The van der Waals surface area contributed by atoms with Gasteiger partial charge in [-0.2, -0.15) is 0 Å². The third kappa shape index (κ3) is 37.2. The molecular weight excluding hydrogens is 855 g/mol. The Morgan fingerprint density at radius 2 is 0.889 bits per heavy atom. The molecule has 0 bridgehead atoms. The Labute approximate surface area is 372 Å². The van der Waals surface area contributed by atoms with Crippen LogP contribution in [0.15, 0.2) is 0 Å². The second kappa shape index (κ2) is 42.0. The van der Waals surface area contributed by atoms with Crippen LogP contribution in [0.2, 0.25) is 0 Å².